The number of β-lactam (4-membered cyclic amide) rings is 1. The molecule has 3 nitrogen and oxygen atoms in total. The molecule has 0 radical (unpaired) electrons. The van der Waals surface area contributed by atoms with Crippen LogP contribution in [0.5, 0.6) is 0 Å². The normalized spacial score (nSPS) is 28.3. The molecule has 0 spiro atoms. The lowest BCUT2D eigenvalue weighted by Gasteiger charge is -2.53. The number of rotatable bonds is 4. The highest BCUT2D eigenvalue weighted by Crippen LogP contribution is 2.44. The molecular formula is C13H25NO2Si. The van der Waals surface area contributed by atoms with E-state index in [-0.39, 0.29) is 23.3 Å². The molecule has 1 aliphatic rings. The van der Waals surface area contributed by atoms with Crippen molar-refractivity contribution >= 4 is 14.9 Å². The van der Waals surface area contributed by atoms with Crippen LogP contribution in [0, 0.1) is 11.3 Å². The number of hydrogen-bond donors (Lipinski definition) is 1. The van der Waals surface area contributed by atoms with Gasteiger partial charge in [0.1, 0.15) is 0 Å². The van der Waals surface area contributed by atoms with E-state index in [1.807, 2.05) is 0 Å². The molecule has 1 saturated heterocycles. The van der Waals surface area contributed by atoms with E-state index in [1.54, 1.807) is 6.08 Å². The topological polar surface area (TPSA) is 38.3 Å². The summed E-state index contributed by atoms with van der Waals surface area (Å²) in [5, 5.41) is 2.87. The van der Waals surface area contributed by atoms with Crippen LogP contribution < -0.4 is 5.32 Å². The number of carbonyl (C=O) groups excluding carboxylic acids is 1. The van der Waals surface area contributed by atoms with Crippen LogP contribution in [0.3, 0.4) is 0 Å². The van der Waals surface area contributed by atoms with Crippen LogP contribution in [0.25, 0.3) is 0 Å². The van der Waals surface area contributed by atoms with Gasteiger partial charge in [0.15, 0.2) is 9.04 Å². The first-order chi connectivity index (χ1) is 7.63. The third-order valence-electron chi connectivity index (χ3n) is 3.77. The summed E-state index contributed by atoms with van der Waals surface area (Å²) >= 11 is 0. The maximum absolute atomic E-state index is 11.9. The minimum absolute atomic E-state index is 0.0412. The van der Waals surface area contributed by atoms with Gasteiger partial charge in [0.05, 0.1) is 17.6 Å². The summed E-state index contributed by atoms with van der Waals surface area (Å²) in [6, 6.07) is 0.0412. The Morgan fingerprint density at radius 1 is 1.35 bits per heavy atom. The van der Waals surface area contributed by atoms with E-state index in [0.717, 1.165) is 0 Å². The Morgan fingerprint density at radius 3 is 2.18 bits per heavy atom. The summed E-state index contributed by atoms with van der Waals surface area (Å²) in [5.74, 6) is -0.0307. The average Bonchev–Trinajstić information content (AvgIpc) is 2.10. The largest absolute Gasteiger partial charge is 0.414 e. The van der Waals surface area contributed by atoms with E-state index in [1.165, 1.54) is 0 Å². The fourth-order valence-corrected chi connectivity index (χ4v) is 3.88. The van der Waals surface area contributed by atoms with Crippen LogP contribution in [0.2, 0.25) is 13.1 Å². The summed E-state index contributed by atoms with van der Waals surface area (Å²) < 4.78 is 6.24. The SMILES string of the molecule is C=C[C@H]1NC(=O)[C@@H]1[C@@](C)(O[SiH](C)C)C(C)(C)C. The number of hydrogen-bond acceptors (Lipinski definition) is 2. The Kier molecular flexibility index (Phi) is 3.89. The average molecular weight is 255 g/mol. The molecule has 1 N–H and O–H groups in total. The summed E-state index contributed by atoms with van der Waals surface area (Å²) in [7, 11) is -1.21. The summed E-state index contributed by atoms with van der Waals surface area (Å²) in [5.41, 5.74) is -0.497. The Hall–Kier alpha value is -0.613. The van der Waals surface area contributed by atoms with Gasteiger partial charge in [0.25, 0.3) is 0 Å². The van der Waals surface area contributed by atoms with Crippen LogP contribution in [-0.4, -0.2) is 26.6 Å². The van der Waals surface area contributed by atoms with Gasteiger partial charge in [-0.1, -0.05) is 26.8 Å². The molecule has 1 amide bonds. The van der Waals surface area contributed by atoms with Crippen molar-refractivity contribution in [2.75, 3.05) is 0 Å². The zero-order chi connectivity index (χ0) is 13.4. The van der Waals surface area contributed by atoms with Crippen molar-refractivity contribution in [3.05, 3.63) is 12.7 Å². The Bertz CT molecular complexity index is 322. The number of nitrogens with one attached hydrogen (secondary N) is 1. The zero-order valence-electron chi connectivity index (χ0n) is 11.8. The standard InChI is InChI=1S/C13H25NO2Si/c1-8-9-10(11(15)14-9)13(5,12(2,3)4)16-17(6)7/h8-10,17H,1H2,2-7H3,(H,14,15)/t9-,10-,13-/m1/s1. The first kappa shape index (κ1) is 14.4. The first-order valence-electron chi connectivity index (χ1n) is 6.24. The minimum Gasteiger partial charge on any atom is -0.414 e. The highest BCUT2D eigenvalue weighted by molar-refractivity contribution is 6.48. The fraction of sp³-hybridized carbons (Fsp3) is 0.769. The van der Waals surface area contributed by atoms with E-state index in [9.17, 15) is 4.79 Å². The van der Waals surface area contributed by atoms with Gasteiger partial charge in [-0.25, -0.2) is 0 Å². The molecule has 4 heteroatoms. The summed E-state index contributed by atoms with van der Waals surface area (Å²) in [6.45, 7) is 16.5. The first-order valence-corrected chi connectivity index (χ1v) is 9.02. The monoisotopic (exact) mass is 255 g/mol. The van der Waals surface area contributed by atoms with Crippen LogP contribution >= 0.6 is 0 Å². The van der Waals surface area contributed by atoms with E-state index in [4.69, 9.17) is 4.43 Å². The van der Waals surface area contributed by atoms with E-state index >= 15 is 0 Å². The van der Waals surface area contributed by atoms with Gasteiger partial charge < -0.3 is 9.74 Å². The highest BCUT2D eigenvalue weighted by atomic mass is 28.3. The van der Waals surface area contributed by atoms with Crippen molar-refractivity contribution in [2.45, 2.75) is 52.4 Å². The highest BCUT2D eigenvalue weighted by Gasteiger charge is 2.56. The van der Waals surface area contributed by atoms with Crippen LogP contribution in [-0.2, 0) is 9.22 Å². The van der Waals surface area contributed by atoms with Crippen molar-refractivity contribution in [2.24, 2.45) is 11.3 Å². The lowest BCUT2D eigenvalue weighted by atomic mass is 9.64. The third-order valence-corrected chi connectivity index (χ3v) is 4.73. The van der Waals surface area contributed by atoms with E-state index in [2.05, 4.69) is 52.7 Å². The van der Waals surface area contributed by atoms with Gasteiger partial charge >= 0.3 is 0 Å². The molecule has 0 aromatic heterocycles. The quantitative estimate of drug-likeness (QED) is 0.474. The van der Waals surface area contributed by atoms with Gasteiger partial charge in [0.2, 0.25) is 5.91 Å². The predicted octanol–water partition coefficient (Wildman–Crippen LogP) is 2.09. The van der Waals surface area contributed by atoms with Crippen molar-refractivity contribution in [3.63, 3.8) is 0 Å². The second kappa shape index (κ2) is 4.57. The molecule has 0 aliphatic carbocycles. The molecule has 0 bridgehead atoms. The second-order valence-electron chi connectivity index (χ2n) is 6.27. The van der Waals surface area contributed by atoms with Crippen molar-refractivity contribution in [1.82, 2.24) is 5.32 Å². The number of carbonyl (C=O) groups is 1. The molecule has 98 valence electrons. The molecule has 0 aromatic rings. The third kappa shape index (κ3) is 2.47. The molecule has 1 fully saturated rings. The molecule has 0 aromatic carbocycles. The van der Waals surface area contributed by atoms with Crippen LogP contribution in [0.15, 0.2) is 12.7 Å². The van der Waals surface area contributed by atoms with E-state index < -0.39 is 14.6 Å². The maximum atomic E-state index is 11.9. The Labute approximate surface area is 106 Å². The molecule has 1 aliphatic heterocycles. The van der Waals surface area contributed by atoms with Crippen molar-refractivity contribution in [3.8, 4) is 0 Å². The van der Waals surface area contributed by atoms with Crippen molar-refractivity contribution < 1.29 is 9.22 Å². The molecule has 3 atom stereocenters. The molecular weight excluding hydrogens is 230 g/mol. The maximum Gasteiger partial charge on any atom is 0.228 e. The van der Waals surface area contributed by atoms with Crippen LogP contribution in [0.4, 0.5) is 0 Å². The number of amides is 1. The Balaban J connectivity index is 3.06. The fourth-order valence-electron chi connectivity index (χ4n) is 2.40. The van der Waals surface area contributed by atoms with Gasteiger partial charge in [-0.15, -0.1) is 6.58 Å². The Morgan fingerprint density at radius 2 is 1.88 bits per heavy atom. The minimum atomic E-state index is -1.21. The molecule has 0 unspecified atom stereocenters. The second-order valence-corrected chi connectivity index (χ2v) is 8.60. The summed E-state index contributed by atoms with van der Waals surface area (Å²) in [6.07, 6.45) is 1.81. The van der Waals surface area contributed by atoms with Crippen LogP contribution in [0.1, 0.15) is 27.7 Å². The van der Waals surface area contributed by atoms with Crippen molar-refractivity contribution in [1.29, 1.82) is 0 Å². The van der Waals surface area contributed by atoms with E-state index in [0.29, 0.717) is 0 Å². The summed E-state index contributed by atoms with van der Waals surface area (Å²) in [4.78, 5) is 11.9. The van der Waals surface area contributed by atoms with Gasteiger partial charge in [-0.2, -0.15) is 0 Å². The molecule has 17 heavy (non-hydrogen) atoms. The smallest absolute Gasteiger partial charge is 0.228 e. The molecule has 0 saturated carbocycles. The molecule has 1 heterocycles. The lowest BCUT2D eigenvalue weighted by Crippen LogP contribution is -2.69. The van der Waals surface area contributed by atoms with Gasteiger partial charge in [-0.3, -0.25) is 4.79 Å². The molecule has 1 rings (SSSR count). The van der Waals surface area contributed by atoms with Gasteiger partial charge in [-0.05, 0) is 25.4 Å². The van der Waals surface area contributed by atoms with Gasteiger partial charge in [0, 0.05) is 0 Å². The predicted molar refractivity (Wildman–Crippen MR) is 73.4 cm³/mol. The lowest BCUT2D eigenvalue weighted by molar-refractivity contribution is -0.156. The zero-order valence-corrected chi connectivity index (χ0v) is 13.0.